The molecule has 0 saturated carbocycles. The van der Waals surface area contributed by atoms with Crippen LogP contribution in [0.3, 0.4) is 0 Å². The van der Waals surface area contributed by atoms with Crippen molar-refractivity contribution >= 4 is 33.2 Å². The first-order chi connectivity index (χ1) is 8.84. The van der Waals surface area contributed by atoms with Gasteiger partial charge in [0.15, 0.2) is 0 Å². The molecule has 1 rings (SSSR count). The molecule has 0 spiro atoms. The SMILES string of the molecule is CC[C@@H](O)CCNS(=O)(=O)Cc1ccc(Cl)cc1Cl. The van der Waals surface area contributed by atoms with E-state index in [-0.39, 0.29) is 12.3 Å². The molecule has 0 aliphatic carbocycles. The van der Waals surface area contributed by atoms with Crippen molar-refractivity contribution in [3.8, 4) is 0 Å². The van der Waals surface area contributed by atoms with Crippen molar-refractivity contribution in [1.29, 1.82) is 0 Å². The van der Waals surface area contributed by atoms with Gasteiger partial charge in [-0.15, -0.1) is 0 Å². The van der Waals surface area contributed by atoms with Crippen molar-refractivity contribution in [2.75, 3.05) is 6.54 Å². The van der Waals surface area contributed by atoms with Crippen LogP contribution in [0.2, 0.25) is 10.0 Å². The molecule has 0 aliphatic rings. The molecule has 0 aromatic heterocycles. The molecular weight excluding hydrogens is 309 g/mol. The van der Waals surface area contributed by atoms with Gasteiger partial charge in [0, 0.05) is 16.6 Å². The Morgan fingerprint density at radius 1 is 1.37 bits per heavy atom. The van der Waals surface area contributed by atoms with Gasteiger partial charge in [0.25, 0.3) is 0 Å². The zero-order valence-electron chi connectivity index (χ0n) is 10.6. The van der Waals surface area contributed by atoms with Crippen molar-refractivity contribution in [2.24, 2.45) is 0 Å². The fraction of sp³-hybridized carbons (Fsp3) is 0.500. The van der Waals surface area contributed by atoms with Crippen LogP contribution in [0.15, 0.2) is 18.2 Å². The Hall–Kier alpha value is -0.330. The van der Waals surface area contributed by atoms with E-state index in [4.69, 9.17) is 23.2 Å². The lowest BCUT2D eigenvalue weighted by molar-refractivity contribution is 0.162. The number of rotatable bonds is 7. The number of halogens is 2. The Labute approximate surface area is 123 Å². The van der Waals surface area contributed by atoms with Crippen molar-refractivity contribution < 1.29 is 13.5 Å². The summed E-state index contributed by atoms with van der Waals surface area (Å²) in [4.78, 5) is 0. The summed E-state index contributed by atoms with van der Waals surface area (Å²) < 4.78 is 26.1. The number of hydrogen-bond donors (Lipinski definition) is 2. The Balaban J connectivity index is 2.59. The first-order valence-electron chi connectivity index (χ1n) is 5.93. The highest BCUT2D eigenvalue weighted by atomic mass is 35.5. The van der Waals surface area contributed by atoms with Gasteiger partial charge in [-0.1, -0.05) is 36.2 Å². The molecule has 108 valence electrons. The number of aliphatic hydroxyl groups is 1. The fourth-order valence-electron chi connectivity index (χ4n) is 1.48. The predicted molar refractivity (Wildman–Crippen MR) is 78.0 cm³/mol. The maximum Gasteiger partial charge on any atom is 0.215 e. The van der Waals surface area contributed by atoms with Gasteiger partial charge in [-0.05, 0) is 30.5 Å². The Kier molecular flexibility index (Phi) is 6.56. The minimum absolute atomic E-state index is 0.203. The molecule has 0 fully saturated rings. The molecule has 4 nitrogen and oxygen atoms in total. The Bertz CT molecular complexity index is 520. The van der Waals surface area contributed by atoms with Gasteiger partial charge in [-0.3, -0.25) is 0 Å². The van der Waals surface area contributed by atoms with Crippen LogP contribution in [-0.2, 0) is 15.8 Å². The molecule has 0 saturated heterocycles. The third kappa shape index (κ3) is 6.10. The van der Waals surface area contributed by atoms with Crippen molar-refractivity contribution in [3.05, 3.63) is 33.8 Å². The minimum Gasteiger partial charge on any atom is -0.393 e. The van der Waals surface area contributed by atoms with Gasteiger partial charge in [0.1, 0.15) is 0 Å². The zero-order chi connectivity index (χ0) is 14.5. The monoisotopic (exact) mass is 325 g/mol. The highest BCUT2D eigenvalue weighted by Gasteiger charge is 2.14. The molecule has 1 aromatic carbocycles. The second kappa shape index (κ2) is 7.45. The highest BCUT2D eigenvalue weighted by molar-refractivity contribution is 7.88. The summed E-state index contributed by atoms with van der Waals surface area (Å²) in [7, 11) is -3.46. The molecule has 19 heavy (non-hydrogen) atoms. The smallest absolute Gasteiger partial charge is 0.215 e. The Morgan fingerprint density at radius 2 is 2.05 bits per heavy atom. The van der Waals surface area contributed by atoms with Crippen molar-refractivity contribution in [2.45, 2.75) is 31.6 Å². The van der Waals surface area contributed by atoms with Crippen LogP contribution >= 0.6 is 23.2 Å². The van der Waals surface area contributed by atoms with E-state index in [2.05, 4.69) is 4.72 Å². The first-order valence-corrected chi connectivity index (χ1v) is 8.34. The van der Waals surface area contributed by atoms with Gasteiger partial charge in [0.05, 0.1) is 11.9 Å². The fourth-order valence-corrected chi connectivity index (χ4v) is 3.23. The maximum absolute atomic E-state index is 11.8. The lowest BCUT2D eigenvalue weighted by atomic mass is 10.2. The first kappa shape index (κ1) is 16.7. The van der Waals surface area contributed by atoms with E-state index in [9.17, 15) is 13.5 Å². The zero-order valence-corrected chi connectivity index (χ0v) is 12.9. The number of sulfonamides is 1. The van der Waals surface area contributed by atoms with E-state index in [1.807, 2.05) is 6.92 Å². The van der Waals surface area contributed by atoms with Gasteiger partial charge in [-0.25, -0.2) is 13.1 Å². The van der Waals surface area contributed by atoms with Crippen LogP contribution in [0.1, 0.15) is 25.3 Å². The second-order valence-corrected chi connectivity index (χ2v) is 6.89. The molecule has 0 amide bonds. The third-order valence-electron chi connectivity index (χ3n) is 2.63. The van der Waals surface area contributed by atoms with Gasteiger partial charge >= 0.3 is 0 Å². The maximum atomic E-state index is 11.8. The van der Waals surface area contributed by atoms with E-state index >= 15 is 0 Å². The Morgan fingerprint density at radius 3 is 2.63 bits per heavy atom. The van der Waals surface area contributed by atoms with Crippen molar-refractivity contribution in [3.63, 3.8) is 0 Å². The van der Waals surface area contributed by atoms with E-state index in [1.54, 1.807) is 12.1 Å². The van der Waals surface area contributed by atoms with Gasteiger partial charge in [0.2, 0.25) is 10.0 Å². The average Bonchev–Trinajstić information content (AvgIpc) is 2.32. The summed E-state index contributed by atoms with van der Waals surface area (Å²) >= 11 is 11.7. The van der Waals surface area contributed by atoms with Gasteiger partial charge in [-0.2, -0.15) is 0 Å². The largest absolute Gasteiger partial charge is 0.393 e. The number of hydrogen-bond acceptors (Lipinski definition) is 3. The summed E-state index contributed by atoms with van der Waals surface area (Å²) in [5, 5.41) is 10.1. The molecule has 0 radical (unpaired) electrons. The third-order valence-corrected chi connectivity index (χ3v) is 4.55. The number of aliphatic hydroxyl groups excluding tert-OH is 1. The summed E-state index contributed by atoms with van der Waals surface area (Å²) in [5.74, 6) is -0.203. The molecule has 0 bridgehead atoms. The van der Waals surface area contributed by atoms with Crippen LogP contribution < -0.4 is 4.72 Å². The molecule has 1 atom stereocenters. The van der Waals surface area contributed by atoms with Crippen LogP contribution in [0.5, 0.6) is 0 Å². The van der Waals surface area contributed by atoms with Crippen molar-refractivity contribution in [1.82, 2.24) is 4.72 Å². The number of benzene rings is 1. The summed E-state index contributed by atoms with van der Waals surface area (Å²) in [5.41, 5.74) is 0.495. The van der Waals surface area contributed by atoms with Crippen LogP contribution in [0, 0.1) is 0 Å². The van der Waals surface area contributed by atoms with E-state index < -0.39 is 16.1 Å². The molecule has 0 heterocycles. The van der Waals surface area contributed by atoms with Crippen LogP contribution in [0.4, 0.5) is 0 Å². The highest BCUT2D eigenvalue weighted by Crippen LogP contribution is 2.22. The summed E-state index contributed by atoms with van der Waals surface area (Å²) in [6.45, 7) is 2.05. The average molecular weight is 326 g/mol. The predicted octanol–water partition coefficient (Wildman–Crippen LogP) is 2.57. The minimum atomic E-state index is -3.46. The topological polar surface area (TPSA) is 66.4 Å². The lowest BCUT2D eigenvalue weighted by Crippen LogP contribution is -2.28. The molecule has 7 heteroatoms. The number of nitrogens with one attached hydrogen (secondary N) is 1. The molecule has 1 aromatic rings. The standard InChI is InChI=1S/C12H17Cl2NO3S/c1-2-11(16)5-6-15-19(17,18)8-9-3-4-10(13)7-12(9)14/h3-4,7,11,15-16H,2,5-6,8H2,1H3/t11-/m1/s1. The van der Waals surface area contributed by atoms with E-state index in [0.717, 1.165) is 0 Å². The van der Waals surface area contributed by atoms with Crippen LogP contribution in [-0.4, -0.2) is 26.2 Å². The summed E-state index contributed by atoms with van der Waals surface area (Å²) in [6, 6.07) is 4.69. The van der Waals surface area contributed by atoms with Crippen LogP contribution in [0.25, 0.3) is 0 Å². The normalized spacial score (nSPS) is 13.5. The molecule has 2 N–H and O–H groups in total. The second-order valence-electron chi connectivity index (χ2n) is 4.24. The van der Waals surface area contributed by atoms with E-state index in [1.165, 1.54) is 6.07 Å². The van der Waals surface area contributed by atoms with Gasteiger partial charge < -0.3 is 5.11 Å². The molecule has 0 unspecified atom stereocenters. The quantitative estimate of drug-likeness (QED) is 0.809. The summed E-state index contributed by atoms with van der Waals surface area (Å²) in [6.07, 6.45) is 0.510. The van der Waals surface area contributed by atoms with E-state index in [0.29, 0.717) is 28.5 Å². The lowest BCUT2D eigenvalue weighted by Gasteiger charge is -2.10. The molecular formula is C12H17Cl2NO3S. The molecule has 0 aliphatic heterocycles.